The molecule has 0 aliphatic heterocycles. The maximum Gasteiger partial charge on any atom is 0.239 e. The van der Waals surface area contributed by atoms with E-state index in [2.05, 4.69) is 10.3 Å². The Balaban J connectivity index is 1.63. The van der Waals surface area contributed by atoms with Crippen molar-refractivity contribution in [3.63, 3.8) is 0 Å². The molecule has 29 heavy (non-hydrogen) atoms. The first-order chi connectivity index (χ1) is 13.9. The quantitative estimate of drug-likeness (QED) is 0.611. The zero-order valence-electron chi connectivity index (χ0n) is 16.3. The van der Waals surface area contributed by atoms with Gasteiger partial charge in [-0.25, -0.2) is 4.39 Å². The molecule has 0 radical (unpaired) electrons. The van der Waals surface area contributed by atoms with Gasteiger partial charge in [0.2, 0.25) is 11.8 Å². The van der Waals surface area contributed by atoms with Crippen LogP contribution in [0.2, 0.25) is 5.02 Å². The van der Waals surface area contributed by atoms with Crippen LogP contribution in [0.15, 0.2) is 48.7 Å². The molecule has 5 nitrogen and oxygen atoms in total. The van der Waals surface area contributed by atoms with Crippen molar-refractivity contribution >= 4 is 34.3 Å². The van der Waals surface area contributed by atoms with Gasteiger partial charge in [-0.2, -0.15) is 0 Å². The highest BCUT2D eigenvalue weighted by molar-refractivity contribution is 6.30. The lowest BCUT2D eigenvalue weighted by Crippen LogP contribution is -2.44. The Labute approximate surface area is 173 Å². The molecule has 0 atom stereocenters. The molecule has 0 fully saturated rings. The summed E-state index contributed by atoms with van der Waals surface area (Å²) in [5, 5.41) is 3.66. The number of rotatable bonds is 7. The van der Waals surface area contributed by atoms with Crippen molar-refractivity contribution in [3.05, 3.63) is 70.6 Å². The van der Waals surface area contributed by atoms with Crippen LogP contribution in [0, 0.1) is 5.82 Å². The summed E-state index contributed by atoms with van der Waals surface area (Å²) >= 11 is 5.76. The van der Waals surface area contributed by atoms with Crippen LogP contribution in [-0.2, 0) is 22.6 Å². The molecule has 0 aliphatic rings. The lowest BCUT2D eigenvalue weighted by Gasteiger charge is -2.26. The maximum absolute atomic E-state index is 14.0. The number of benzene rings is 2. The van der Waals surface area contributed by atoms with Crippen molar-refractivity contribution < 1.29 is 14.0 Å². The topological polar surface area (TPSA) is 65.2 Å². The van der Waals surface area contributed by atoms with Gasteiger partial charge < -0.3 is 15.2 Å². The van der Waals surface area contributed by atoms with E-state index < -0.39 is 5.82 Å². The van der Waals surface area contributed by atoms with Crippen LogP contribution in [-0.4, -0.2) is 34.3 Å². The minimum absolute atomic E-state index is 0.00774. The predicted molar refractivity (Wildman–Crippen MR) is 112 cm³/mol. The monoisotopic (exact) mass is 415 g/mol. The number of fused-ring (bicyclic) bond motifs is 1. The number of amides is 2. The van der Waals surface area contributed by atoms with Gasteiger partial charge in [-0.3, -0.25) is 9.59 Å². The number of nitrogens with one attached hydrogen (secondary N) is 2. The van der Waals surface area contributed by atoms with E-state index in [1.807, 2.05) is 44.3 Å². The van der Waals surface area contributed by atoms with Crippen LogP contribution in [0.5, 0.6) is 0 Å². The molecule has 1 heterocycles. The van der Waals surface area contributed by atoms with Crippen molar-refractivity contribution in [2.24, 2.45) is 0 Å². The Kier molecular flexibility index (Phi) is 6.54. The van der Waals surface area contributed by atoms with Gasteiger partial charge in [0, 0.05) is 35.2 Å². The molecule has 0 aliphatic carbocycles. The number of halogens is 2. The summed E-state index contributed by atoms with van der Waals surface area (Å²) in [5.41, 5.74) is 2.15. The van der Waals surface area contributed by atoms with E-state index in [1.54, 1.807) is 12.1 Å². The van der Waals surface area contributed by atoms with E-state index in [0.29, 0.717) is 5.56 Å². The molecule has 2 amide bonds. The zero-order valence-corrected chi connectivity index (χ0v) is 17.1. The summed E-state index contributed by atoms with van der Waals surface area (Å²) in [4.78, 5) is 29.9. The Bertz CT molecular complexity index is 1030. The number of H-pyrrole nitrogens is 1. The van der Waals surface area contributed by atoms with Crippen LogP contribution >= 0.6 is 11.6 Å². The normalized spacial score (nSPS) is 11.1. The minimum atomic E-state index is -0.550. The minimum Gasteiger partial charge on any atom is -0.361 e. The first kappa shape index (κ1) is 20.9. The van der Waals surface area contributed by atoms with Crippen LogP contribution in [0.25, 0.3) is 10.9 Å². The summed E-state index contributed by atoms with van der Waals surface area (Å²) in [5.74, 6) is -1.05. The molecule has 7 heteroatoms. The highest BCUT2D eigenvalue weighted by Gasteiger charge is 2.21. The fourth-order valence-electron chi connectivity index (χ4n) is 3.19. The third kappa shape index (κ3) is 4.95. The smallest absolute Gasteiger partial charge is 0.239 e. The molecule has 3 rings (SSSR count). The Hall–Kier alpha value is -2.86. The second kappa shape index (κ2) is 9.09. The van der Waals surface area contributed by atoms with Gasteiger partial charge in [-0.1, -0.05) is 41.9 Å². The fourth-order valence-corrected chi connectivity index (χ4v) is 3.38. The lowest BCUT2D eigenvalue weighted by atomic mass is 10.1. The van der Waals surface area contributed by atoms with Crippen molar-refractivity contribution in [3.8, 4) is 0 Å². The van der Waals surface area contributed by atoms with E-state index in [0.717, 1.165) is 16.5 Å². The largest absolute Gasteiger partial charge is 0.361 e. The lowest BCUT2D eigenvalue weighted by molar-refractivity contribution is -0.137. The molecule has 0 unspecified atom stereocenters. The zero-order chi connectivity index (χ0) is 21.0. The number of nitrogens with zero attached hydrogens (tertiary/aromatic N) is 1. The third-order valence-electron chi connectivity index (χ3n) is 4.78. The van der Waals surface area contributed by atoms with Gasteiger partial charge >= 0.3 is 0 Å². The first-order valence-electron chi connectivity index (χ1n) is 9.41. The van der Waals surface area contributed by atoms with Gasteiger partial charge in [0.05, 0.1) is 18.0 Å². The van der Waals surface area contributed by atoms with Crippen LogP contribution < -0.4 is 5.32 Å². The van der Waals surface area contributed by atoms with Gasteiger partial charge in [0.25, 0.3) is 0 Å². The molecule has 3 aromatic rings. The molecule has 2 N–H and O–H groups in total. The number of hydrogen-bond donors (Lipinski definition) is 2. The number of aromatic nitrogens is 1. The predicted octanol–water partition coefficient (Wildman–Crippen LogP) is 4.06. The average molecular weight is 416 g/mol. The molecular weight excluding hydrogens is 393 g/mol. The first-order valence-corrected chi connectivity index (χ1v) is 9.78. The standard InChI is InChI=1S/C22H23ClFN3O2/c1-14(2)27(13-20(28)26-11-15-6-5-8-18(23)22(15)24)21(29)10-16-12-25-19-9-4-3-7-17(16)19/h3-9,12,14,25H,10-11,13H2,1-2H3,(H,26,28). The summed E-state index contributed by atoms with van der Waals surface area (Å²) in [6.07, 6.45) is 2.02. The third-order valence-corrected chi connectivity index (χ3v) is 5.07. The van der Waals surface area contributed by atoms with Gasteiger partial charge in [-0.15, -0.1) is 0 Å². The molecule has 0 saturated carbocycles. The number of carbonyl (C=O) groups excluding carboxylic acids is 2. The van der Waals surface area contributed by atoms with Crippen molar-refractivity contribution in [1.29, 1.82) is 0 Å². The van der Waals surface area contributed by atoms with E-state index >= 15 is 0 Å². The number of hydrogen-bond acceptors (Lipinski definition) is 2. The molecule has 1 aromatic heterocycles. The highest BCUT2D eigenvalue weighted by atomic mass is 35.5. The van der Waals surface area contributed by atoms with Gasteiger partial charge in [-0.05, 0) is 31.5 Å². The van der Waals surface area contributed by atoms with E-state index in [1.165, 1.54) is 11.0 Å². The Morgan fingerprint density at radius 2 is 1.90 bits per heavy atom. The van der Waals surface area contributed by atoms with Gasteiger partial charge in [0.1, 0.15) is 5.82 Å². The summed E-state index contributed by atoms with van der Waals surface area (Å²) in [6, 6.07) is 12.2. The van der Waals surface area contributed by atoms with E-state index in [-0.39, 0.29) is 42.4 Å². The fraction of sp³-hybridized carbons (Fsp3) is 0.273. The van der Waals surface area contributed by atoms with E-state index in [4.69, 9.17) is 11.6 Å². The van der Waals surface area contributed by atoms with E-state index in [9.17, 15) is 14.0 Å². The van der Waals surface area contributed by atoms with Gasteiger partial charge in [0.15, 0.2) is 0 Å². The summed E-state index contributed by atoms with van der Waals surface area (Å²) in [7, 11) is 0. The Morgan fingerprint density at radius 1 is 1.14 bits per heavy atom. The second-order valence-corrected chi connectivity index (χ2v) is 7.55. The Morgan fingerprint density at radius 3 is 2.66 bits per heavy atom. The van der Waals surface area contributed by atoms with Crippen LogP contribution in [0.3, 0.4) is 0 Å². The average Bonchev–Trinajstić information content (AvgIpc) is 3.10. The number of para-hydroxylation sites is 1. The molecule has 0 spiro atoms. The molecule has 2 aromatic carbocycles. The molecule has 152 valence electrons. The second-order valence-electron chi connectivity index (χ2n) is 7.14. The van der Waals surface area contributed by atoms with Crippen LogP contribution in [0.1, 0.15) is 25.0 Å². The molecule has 0 saturated heterocycles. The van der Waals surface area contributed by atoms with Crippen LogP contribution in [0.4, 0.5) is 4.39 Å². The number of carbonyl (C=O) groups is 2. The SMILES string of the molecule is CC(C)N(CC(=O)NCc1cccc(Cl)c1F)C(=O)Cc1c[nH]c2ccccc12. The van der Waals surface area contributed by atoms with Crippen molar-refractivity contribution in [2.45, 2.75) is 32.9 Å². The molecular formula is C22H23ClFN3O2. The van der Waals surface area contributed by atoms with Crippen molar-refractivity contribution in [1.82, 2.24) is 15.2 Å². The van der Waals surface area contributed by atoms with Crippen molar-refractivity contribution in [2.75, 3.05) is 6.54 Å². The maximum atomic E-state index is 14.0. The summed E-state index contributed by atoms with van der Waals surface area (Å²) in [6.45, 7) is 3.63. The number of aromatic amines is 1. The molecule has 0 bridgehead atoms. The summed E-state index contributed by atoms with van der Waals surface area (Å²) < 4.78 is 14.0. The highest BCUT2D eigenvalue weighted by Crippen LogP contribution is 2.19.